The zero-order valence-electron chi connectivity index (χ0n) is 14.0. The highest BCUT2D eigenvalue weighted by Crippen LogP contribution is 2.28. The SMILES string of the molecule is Cc1oc(-c2ccccc2Cl)nc1CC(=O)Nc1ccc(C(N)=O)cc1. The first-order valence-electron chi connectivity index (χ1n) is 7.85. The Hall–Kier alpha value is -3.12. The lowest BCUT2D eigenvalue weighted by Crippen LogP contribution is -2.15. The quantitative estimate of drug-likeness (QED) is 0.718. The van der Waals surface area contributed by atoms with E-state index in [1.165, 1.54) is 0 Å². The highest BCUT2D eigenvalue weighted by molar-refractivity contribution is 6.33. The van der Waals surface area contributed by atoms with Crippen LogP contribution in [-0.4, -0.2) is 16.8 Å². The summed E-state index contributed by atoms with van der Waals surface area (Å²) < 4.78 is 5.65. The van der Waals surface area contributed by atoms with Crippen molar-refractivity contribution in [2.75, 3.05) is 5.32 Å². The van der Waals surface area contributed by atoms with Crippen LogP contribution in [0, 0.1) is 6.92 Å². The fourth-order valence-electron chi connectivity index (χ4n) is 2.42. The number of primary amides is 1. The highest BCUT2D eigenvalue weighted by atomic mass is 35.5. The third kappa shape index (κ3) is 3.92. The number of carbonyl (C=O) groups is 2. The number of halogens is 1. The van der Waals surface area contributed by atoms with Crippen LogP contribution in [0.3, 0.4) is 0 Å². The molecule has 0 aliphatic rings. The number of nitrogens with one attached hydrogen (secondary N) is 1. The molecule has 3 N–H and O–H groups in total. The number of benzene rings is 2. The van der Waals surface area contributed by atoms with Gasteiger partial charge in [0.15, 0.2) is 0 Å². The van der Waals surface area contributed by atoms with Gasteiger partial charge in [-0.15, -0.1) is 0 Å². The molecule has 0 saturated carbocycles. The minimum absolute atomic E-state index is 0.0529. The molecule has 0 fully saturated rings. The van der Waals surface area contributed by atoms with Crippen molar-refractivity contribution in [3.05, 3.63) is 70.6 Å². The van der Waals surface area contributed by atoms with Crippen molar-refractivity contribution in [3.8, 4) is 11.5 Å². The van der Waals surface area contributed by atoms with Crippen molar-refractivity contribution in [3.63, 3.8) is 0 Å². The van der Waals surface area contributed by atoms with E-state index in [-0.39, 0.29) is 12.3 Å². The van der Waals surface area contributed by atoms with E-state index < -0.39 is 5.91 Å². The Bertz CT molecular complexity index is 964. The average Bonchev–Trinajstić information content (AvgIpc) is 2.96. The van der Waals surface area contributed by atoms with Gasteiger partial charge in [-0.05, 0) is 43.3 Å². The summed E-state index contributed by atoms with van der Waals surface area (Å²) in [5.74, 6) is 0.160. The van der Waals surface area contributed by atoms with Crippen LogP contribution in [0.15, 0.2) is 52.9 Å². The van der Waals surface area contributed by atoms with Crippen LogP contribution in [0.2, 0.25) is 5.02 Å². The number of hydrogen-bond acceptors (Lipinski definition) is 4. The predicted octanol–water partition coefficient (Wildman–Crippen LogP) is 3.58. The molecular formula is C19H16ClN3O3. The summed E-state index contributed by atoms with van der Waals surface area (Å²) in [5, 5.41) is 3.27. The molecule has 0 atom stereocenters. The number of oxazole rings is 1. The Labute approximate surface area is 155 Å². The van der Waals surface area contributed by atoms with Crippen LogP contribution >= 0.6 is 11.6 Å². The Kier molecular flexibility index (Phi) is 5.04. The standard InChI is InChI=1S/C19H16ClN3O3/c1-11-16(23-19(26-11)14-4-2-3-5-15(14)20)10-17(24)22-13-8-6-12(7-9-13)18(21)25/h2-9H,10H2,1H3,(H2,21,25)(H,22,24). The molecule has 0 saturated heterocycles. The molecule has 1 heterocycles. The summed E-state index contributed by atoms with van der Waals surface area (Å²) >= 11 is 6.16. The second-order valence-corrected chi connectivity index (χ2v) is 6.08. The Balaban J connectivity index is 1.72. The minimum atomic E-state index is -0.520. The van der Waals surface area contributed by atoms with E-state index in [4.69, 9.17) is 21.8 Å². The van der Waals surface area contributed by atoms with Crippen LogP contribution in [0.5, 0.6) is 0 Å². The van der Waals surface area contributed by atoms with Gasteiger partial charge in [-0.3, -0.25) is 9.59 Å². The topological polar surface area (TPSA) is 98.2 Å². The molecule has 132 valence electrons. The van der Waals surface area contributed by atoms with Crippen LogP contribution in [0.4, 0.5) is 5.69 Å². The second-order valence-electron chi connectivity index (χ2n) is 5.67. The van der Waals surface area contributed by atoms with Crippen molar-refractivity contribution < 1.29 is 14.0 Å². The molecular weight excluding hydrogens is 354 g/mol. The van der Waals surface area contributed by atoms with Gasteiger partial charge in [0.2, 0.25) is 17.7 Å². The fourth-order valence-corrected chi connectivity index (χ4v) is 2.63. The molecule has 1 aromatic heterocycles. The summed E-state index contributed by atoms with van der Waals surface area (Å²) in [4.78, 5) is 27.7. The zero-order valence-corrected chi connectivity index (χ0v) is 14.7. The van der Waals surface area contributed by atoms with Gasteiger partial charge in [-0.25, -0.2) is 4.98 Å². The molecule has 0 unspecified atom stereocenters. The molecule has 3 aromatic rings. The van der Waals surface area contributed by atoms with E-state index in [9.17, 15) is 9.59 Å². The maximum atomic E-state index is 12.3. The Morgan fingerprint density at radius 2 is 1.85 bits per heavy atom. The number of rotatable bonds is 5. The van der Waals surface area contributed by atoms with Crippen molar-refractivity contribution in [1.82, 2.24) is 4.98 Å². The molecule has 0 aliphatic carbocycles. The van der Waals surface area contributed by atoms with Crippen molar-refractivity contribution in [1.29, 1.82) is 0 Å². The van der Waals surface area contributed by atoms with Gasteiger partial charge in [-0.1, -0.05) is 23.7 Å². The minimum Gasteiger partial charge on any atom is -0.441 e. The number of amides is 2. The van der Waals surface area contributed by atoms with Gasteiger partial charge in [0.25, 0.3) is 0 Å². The molecule has 2 amide bonds. The normalized spacial score (nSPS) is 10.5. The maximum absolute atomic E-state index is 12.3. The fraction of sp³-hybridized carbons (Fsp3) is 0.105. The van der Waals surface area contributed by atoms with Crippen molar-refractivity contribution in [2.24, 2.45) is 5.73 Å². The first-order chi connectivity index (χ1) is 12.4. The van der Waals surface area contributed by atoms with Gasteiger partial charge in [-0.2, -0.15) is 0 Å². The van der Waals surface area contributed by atoms with Crippen LogP contribution in [0.1, 0.15) is 21.8 Å². The first kappa shape index (κ1) is 17.7. The summed E-state index contributed by atoms with van der Waals surface area (Å²) in [6, 6.07) is 13.5. The summed E-state index contributed by atoms with van der Waals surface area (Å²) in [6.07, 6.45) is 0.0529. The molecule has 0 spiro atoms. The molecule has 2 aromatic carbocycles. The van der Waals surface area contributed by atoms with Gasteiger partial charge in [0.1, 0.15) is 5.76 Å². The Morgan fingerprint density at radius 3 is 2.50 bits per heavy atom. The molecule has 7 heteroatoms. The number of nitrogens with zero attached hydrogens (tertiary/aromatic N) is 1. The first-order valence-corrected chi connectivity index (χ1v) is 8.23. The van der Waals surface area contributed by atoms with Crippen LogP contribution < -0.4 is 11.1 Å². The molecule has 26 heavy (non-hydrogen) atoms. The van der Waals surface area contributed by atoms with E-state index in [1.807, 2.05) is 12.1 Å². The van der Waals surface area contributed by atoms with Gasteiger partial charge < -0.3 is 15.5 Å². The van der Waals surface area contributed by atoms with Gasteiger partial charge in [0.05, 0.1) is 22.7 Å². The monoisotopic (exact) mass is 369 g/mol. The smallest absolute Gasteiger partial charge is 0.248 e. The van der Waals surface area contributed by atoms with E-state index in [0.29, 0.717) is 39.2 Å². The van der Waals surface area contributed by atoms with E-state index in [2.05, 4.69) is 10.3 Å². The number of anilines is 1. The number of aryl methyl sites for hydroxylation is 1. The zero-order chi connectivity index (χ0) is 18.7. The summed E-state index contributed by atoms with van der Waals surface area (Å²) in [6.45, 7) is 1.75. The highest BCUT2D eigenvalue weighted by Gasteiger charge is 2.16. The number of hydrogen-bond donors (Lipinski definition) is 2. The second kappa shape index (κ2) is 7.41. The lowest BCUT2D eigenvalue weighted by molar-refractivity contribution is -0.115. The van der Waals surface area contributed by atoms with Crippen LogP contribution in [0.25, 0.3) is 11.5 Å². The Morgan fingerprint density at radius 1 is 1.15 bits per heavy atom. The average molecular weight is 370 g/mol. The van der Waals surface area contributed by atoms with Gasteiger partial charge >= 0.3 is 0 Å². The molecule has 6 nitrogen and oxygen atoms in total. The van der Waals surface area contributed by atoms with E-state index in [1.54, 1.807) is 43.3 Å². The molecule has 0 bridgehead atoms. The van der Waals surface area contributed by atoms with E-state index in [0.717, 1.165) is 0 Å². The third-order valence-corrected chi connectivity index (χ3v) is 4.11. The summed E-state index contributed by atoms with van der Waals surface area (Å²) in [7, 11) is 0. The van der Waals surface area contributed by atoms with Crippen molar-refractivity contribution in [2.45, 2.75) is 13.3 Å². The number of aromatic nitrogens is 1. The lowest BCUT2D eigenvalue weighted by Gasteiger charge is -2.04. The molecule has 0 radical (unpaired) electrons. The molecule has 3 rings (SSSR count). The summed E-state index contributed by atoms with van der Waals surface area (Å²) in [5.41, 5.74) is 7.33. The lowest BCUT2D eigenvalue weighted by atomic mass is 10.2. The number of nitrogens with two attached hydrogens (primary N) is 1. The maximum Gasteiger partial charge on any atom is 0.248 e. The van der Waals surface area contributed by atoms with Gasteiger partial charge in [0, 0.05) is 11.3 Å². The van der Waals surface area contributed by atoms with Crippen molar-refractivity contribution >= 4 is 29.1 Å². The van der Waals surface area contributed by atoms with E-state index >= 15 is 0 Å². The largest absolute Gasteiger partial charge is 0.441 e. The molecule has 0 aliphatic heterocycles. The van der Waals surface area contributed by atoms with Crippen LogP contribution in [-0.2, 0) is 11.2 Å². The third-order valence-electron chi connectivity index (χ3n) is 3.78. The predicted molar refractivity (Wildman–Crippen MR) is 99.0 cm³/mol. The number of carbonyl (C=O) groups excluding carboxylic acids is 2.